The van der Waals surface area contributed by atoms with Crippen molar-refractivity contribution in [3.8, 4) is 0 Å². The lowest BCUT2D eigenvalue weighted by Gasteiger charge is -2.59. The molecule has 1 aromatic rings. The Morgan fingerprint density at radius 2 is 2.04 bits per heavy atom. The number of hydrogen-bond acceptors (Lipinski definition) is 4. The lowest BCUT2D eigenvalue weighted by atomic mass is 9.54. The molecule has 3 rings (SSSR count). The Labute approximate surface area is 157 Å². The van der Waals surface area contributed by atoms with Gasteiger partial charge in [-0.05, 0) is 44.4 Å². The van der Waals surface area contributed by atoms with E-state index in [-0.39, 0.29) is 17.4 Å². The van der Waals surface area contributed by atoms with Crippen LogP contribution in [0.5, 0.6) is 0 Å². The molecule has 0 radical (unpaired) electrons. The summed E-state index contributed by atoms with van der Waals surface area (Å²) in [5.74, 6) is 0.0902. The fraction of sp³-hybridized carbons (Fsp3) is 0.667. The summed E-state index contributed by atoms with van der Waals surface area (Å²) >= 11 is 0. The highest BCUT2D eigenvalue weighted by Crippen LogP contribution is 2.50. The van der Waals surface area contributed by atoms with Gasteiger partial charge < -0.3 is 20.7 Å². The molecule has 0 spiro atoms. The average molecular weight is 360 g/mol. The van der Waals surface area contributed by atoms with E-state index in [1.54, 1.807) is 0 Å². The van der Waals surface area contributed by atoms with E-state index in [4.69, 9.17) is 10.5 Å². The van der Waals surface area contributed by atoms with E-state index < -0.39 is 5.54 Å². The molecule has 2 atom stereocenters. The third kappa shape index (κ3) is 3.35. The quantitative estimate of drug-likeness (QED) is 0.848. The Hall–Kier alpha value is -1.59. The van der Waals surface area contributed by atoms with Gasteiger partial charge in [-0.3, -0.25) is 4.79 Å². The lowest BCUT2D eigenvalue weighted by molar-refractivity contribution is -0.180. The summed E-state index contributed by atoms with van der Waals surface area (Å²) in [6.45, 7) is 10.4. The van der Waals surface area contributed by atoms with Crippen molar-refractivity contribution in [3.05, 3.63) is 29.8 Å². The van der Waals surface area contributed by atoms with E-state index in [0.29, 0.717) is 19.1 Å². The number of nitrogens with zero attached hydrogens (tertiary/aromatic N) is 1. The number of anilines is 1. The molecule has 5 heteroatoms. The first-order chi connectivity index (χ1) is 12.3. The fourth-order valence-corrected chi connectivity index (χ4v) is 4.28. The summed E-state index contributed by atoms with van der Waals surface area (Å²) < 4.78 is 5.76. The predicted molar refractivity (Wildman–Crippen MR) is 105 cm³/mol. The van der Waals surface area contributed by atoms with Gasteiger partial charge in [0.25, 0.3) is 0 Å². The number of nitrogens with two attached hydrogens (primary N) is 1. The van der Waals surface area contributed by atoms with Crippen molar-refractivity contribution in [1.29, 1.82) is 0 Å². The van der Waals surface area contributed by atoms with Gasteiger partial charge in [0.05, 0.1) is 6.10 Å². The zero-order chi connectivity index (χ0) is 18.9. The van der Waals surface area contributed by atoms with E-state index in [1.807, 2.05) is 11.8 Å². The van der Waals surface area contributed by atoms with Gasteiger partial charge >= 0.3 is 0 Å². The summed E-state index contributed by atoms with van der Waals surface area (Å²) in [6, 6.07) is 8.84. The van der Waals surface area contributed by atoms with Crippen molar-refractivity contribution in [2.75, 3.05) is 25.0 Å². The number of rotatable bonds is 5. The number of carbonyl (C=O) groups excluding carboxylic acids is 1. The number of piperidine rings is 1. The van der Waals surface area contributed by atoms with Crippen LogP contribution in [0.4, 0.5) is 5.69 Å². The topological polar surface area (TPSA) is 67.6 Å². The maximum atomic E-state index is 13.1. The van der Waals surface area contributed by atoms with Gasteiger partial charge in [-0.25, -0.2) is 0 Å². The number of nitrogens with one attached hydrogen (secondary N) is 1. The normalized spacial score (nSPS) is 28.5. The van der Waals surface area contributed by atoms with Crippen LogP contribution in [0.15, 0.2) is 24.3 Å². The number of amides is 1. The Morgan fingerprint density at radius 3 is 2.62 bits per heavy atom. The number of hydrogen-bond donors (Lipinski definition) is 2. The second-order valence-corrected chi connectivity index (χ2v) is 8.42. The second-order valence-electron chi connectivity index (χ2n) is 8.42. The molecule has 2 aliphatic rings. The molecule has 1 aliphatic heterocycles. The van der Waals surface area contributed by atoms with Crippen molar-refractivity contribution >= 4 is 11.6 Å². The molecule has 26 heavy (non-hydrogen) atoms. The molecule has 0 aromatic heterocycles. The molecule has 3 N–H and O–H groups in total. The summed E-state index contributed by atoms with van der Waals surface area (Å²) in [7, 11) is 0. The zero-order valence-electron chi connectivity index (χ0n) is 16.5. The van der Waals surface area contributed by atoms with Crippen molar-refractivity contribution < 1.29 is 9.53 Å². The Morgan fingerprint density at radius 1 is 1.35 bits per heavy atom. The van der Waals surface area contributed by atoms with Crippen LogP contribution in [-0.2, 0) is 9.53 Å². The average Bonchev–Trinajstić information content (AvgIpc) is 2.61. The minimum atomic E-state index is -0.802. The summed E-state index contributed by atoms with van der Waals surface area (Å²) in [5, 5.41) is 3.60. The number of ether oxygens (including phenoxy) is 1. The molecule has 2 unspecified atom stereocenters. The number of benzene rings is 1. The van der Waals surface area contributed by atoms with Gasteiger partial charge in [0.15, 0.2) is 0 Å². The maximum Gasteiger partial charge on any atom is 0.243 e. The Kier molecular flexibility index (Phi) is 5.31. The summed E-state index contributed by atoms with van der Waals surface area (Å²) in [5.41, 5.74) is 7.85. The molecular formula is C21H33N3O2. The minimum Gasteiger partial charge on any atom is -0.382 e. The molecule has 5 nitrogen and oxygen atoms in total. The van der Waals surface area contributed by atoms with Crippen molar-refractivity contribution in [3.63, 3.8) is 0 Å². The van der Waals surface area contributed by atoms with Crippen LogP contribution >= 0.6 is 0 Å². The van der Waals surface area contributed by atoms with Crippen LogP contribution in [0.1, 0.15) is 45.6 Å². The SMILES string of the molecule is CCOC1CC(N)(C(=O)N2CCC(Nc3cccc(C)c3)CC2)C1(C)C. The Balaban J connectivity index is 1.55. The van der Waals surface area contributed by atoms with Crippen LogP contribution in [-0.4, -0.2) is 48.2 Å². The van der Waals surface area contributed by atoms with E-state index in [0.717, 1.165) is 31.6 Å². The summed E-state index contributed by atoms with van der Waals surface area (Å²) in [6.07, 6.45) is 2.59. The second kappa shape index (κ2) is 7.20. The molecule has 0 bridgehead atoms. The van der Waals surface area contributed by atoms with E-state index in [9.17, 15) is 4.79 Å². The molecule has 1 aliphatic carbocycles. The van der Waals surface area contributed by atoms with Crippen molar-refractivity contribution in [1.82, 2.24) is 4.90 Å². The molecule has 1 saturated carbocycles. The molecule has 1 amide bonds. The van der Waals surface area contributed by atoms with E-state index >= 15 is 0 Å². The van der Waals surface area contributed by atoms with Gasteiger partial charge in [-0.1, -0.05) is 26.0 Å². The molecule has 2 fully saturated rings. The van der Waals surface area contributed by atoms with E-state index in [1.165, 1.54) is 5.56 Å². The minimum absolute atomic E-state index is 0.0713. The monoisotopic (exact) mass is 359 g/mol. The molecule has 1 saturated heterocycles. The molecular weight excluding hydrogens is 326 g/mol. The predicted octanol–water partition coefficient (Wildman–Crippen LogP) is 2.93. The smallest absolute Gasteiger partial charge is 0.243 e. The van der Waals surface area contributed by atoms with E-state index in [2.05, 4.69) is 50.4 Å². The highest BCUT2D eigenvalue weighted by atomic mass is 16.5. The van der Waals surface area contributed by atoms with Crippen molar-refractivity contribution in [2.45, 2.75) is 64.6 Å². The first-order valence-electron chi connectivity index (χ1n) is 9.81. The number of likely N-dealkylation sites (tertiary alicyclic amines) is 1. The molecule has 1 aromatic carbocycles. The highest BCUT2D eigenvalue weighted by molar-refractivity contribution is 5.89. The molecule has 144 valence electrons. The number of carbonyl (C=O) groups is 1. The van der Waals surface area contributed by atoms with Gasteiger partial charge in [0.1, 0.15) is 5.54 Å². The first kappa shape index (κ1) is 19.2. The van der Waals surface area contributed by atoms with Gasteiger partial charge in [0, 0.05) is 43.3 Å². The third-order valence-corrected chi connectivity index (χ3v) is 6.38. The standard InChI is InChI=1S/C21H33N3O2/c1-5-26-18-14-21(22,20(18,3)4)19(25)24-11-9-16(10-12-24)23-17-8-6-7-15(2)13-17/h6-8,13,16,18,23H,5,9-12,14,22H2,1-4H3. The maximum absolute atomic E-state index is 13.1. The van der Waals surface area contributed by atoms with Crippen molar-refractivity contribution in [2.24, 2.45) is 11.1 Å². The van der Waals surface area contributed by atoms with Crippen LogP contribution in [0.25, 0.3) is 0 Å². The van der Waals surface area contributed by atoms with Crippen LogP contribution in [0.3, 0.4) is 0 Å². The largest absolute Gasteiger partial charge is 0.382 e. The lowest BCUT2D eigenvalue weighted by Crippen LogP contribution is -2.76. The highest BCUT2D eigenvalue weighted by Gasteiger charge is 2.63. The summed E-state index contributed by atoms with van der Waals surface area (Å²) in [4.78, 5) is 15.1. The number of aryl methyl sites for hydroxylation is 1. The molecule has 1 heterocycles. The Bertz CT molecular complexity index is 652. The van der Waals surface area contributed by atoms with Gasteiger partial charge in [-0.15, -0.1) is 0 Å². The first-order valence-corrected chi connectivity index (χ1v) is 9.81. The van der Waals surface area contributed by atoms with Gasteiger partial charge in [0.2, 0.25) is 5.91 Å². The third-order valence-electron chi connectivity index (χ3n) is 6.38. The van der Waals surface area contributed by atoms with Crippen LogP contribution in [0.2, 0.25) is 0 Å². The van der Waals surface area contributed by atoms with Crippen LogP contribution in [0, 0.1) is 12.3 Å². The zero-order valence-corrected chi connectivity index (χ0v) is 16.5. The van der Waals surface area contributed by atoms with Crippen LogP contribution < -0.4 is 11.1 Å². The fourth-order valence-electron chi connectivity index (χ4n) is 4.28. The van der Waals surface area contributed by atoms with Gasteiger partial charge in [-0.2, -0.15) is 0 Å².